The number of carbonyl (C=O) groups excluding carboxylic acids is 1. The van der Waals surface area contributed by atoms with Crippen molar-refractivity contribution in [3.63, 3.8) is 0 Å². The number of thioether (sulfide) groups is 1. The summed E-state index contributed by atoms with van der Waals surface area (Å²) >= 11 is 1.80. The van der Waals surface area contributed by atoms with E-state index < -0.39 is 0 Å². The molecule has 1 aliphatic rings. The molecule has 0 spiro atoms. The number of amides is 1. The molecule has 7 nitrogen and oxygen atoms in total. The largest absolute Gasteiger partial charge is 0.355 e. The van der Waals surface area contributed by atoms with Gasteiger partial charge in [0.25, 0.3) is 0 Å². The number of anilines is 1. The Balaban J connectivity index is 1.95. The van der Waals surface area contributed by atoms with Crippen molar-refractivity contribution in [2.75, 3.05) is 44.4 Å². The van der Waals surface area contributed by atoms with Gasteiger partial charge in [0, 0.05) is 45.2 Å². The second-order valence-electron chi connectivity index (χ2n) is 5.31. The number of piperazine rings is 1. The molecule has 122 valence electrons. The van der Waals surface area contributed by atoms with E-state index >= 15 is 0 Å². The van der Waals surface area contributed by atoms with Crippen LogP contribution in [0, 0.1) is 0 Å². The van der Waals surface area contributed by atoms with Crippen LogP contribution in [0.5, 0.6) is 0 Å². The van der Waals surface area contributed by atoms with Crippen LogP contribution in [0.25, 0.3) is 0 Å². The summed E-state index contributed by atoms with van der Waals surface area (Å²) in [6.45, 7) is 4.74. The first kappa shape index (κ1) is 16.7. The predicted octanol–water partition coefficient (Wildman–Crippen LogP) is 0.396. The van der Waals surface area contributed by atoms with Crippen molar-refractivity contribution in [2.45, 2.75) is 12.2 Å². The number of nitrogens with one attached hydrogen (secondary N) is 1. The minimum absolute atomic E-state index is 0.0696. The van der Waals surface area contributed by atoms with Gasteiger partial charge in [0.15, 0.2) is 5.96 Å². The molecule has 1 N–H and O–H groups in total. The summed E-state index contributed by atoms with van der Waals surface area (Å²) in [7, 11) is 3.60. The van der Waals surface area contributed by atoms with Crippen molar-refractivity contribution < 1.29 is 4.79 Å². The fourth-order valence-corrected chi connectivity index (χ4v) is 2.58. The molecule has 0 aliphatic carbocycles. The van der Waals surface area contributed by atoms with Crippen LogP contribution in [0.2, 0.25) is 0 Å². The summed E-state index contributed by atoms with van der Waals surface area (Å²) in [5.41, 5.74) is 0.853. The van der Waals surface area contributed by atoms with E-state index in [1.54, 1.807) is 34.6 Å². The summed E-state index contributed by atoms with van der Waals surface area (Å²) in [6.07, 6.45) is 5.67. The second kappa shape index (κ2) is 7.53. The molecule has 1 atom stereocenters. The Morgan fingerprint density at radius 1 is 1.55 bits per heavy atom. The van der Waals surface area contributed by atoms with Crippen molar-refractivity contribution in [1.29, 1.82) is 0 Å². The van der Waals surface area contributed by atoms with E-state index in [0.29, 0.717) is 18.3 Å². The highest BCUT2D eigenvalue weighted by molar-refractivity contribution is 7.99. The molecule has 1 aromatic heterocycles. The minimum Gasteiger partial charge on any atom is -0.355 e. The molecule has 1 fully saturated rings. The molecule has 1 amide bonds. The van der Waals surface area contributed by atoms with Crippen molar-refractivity contribution in [1.82, 2.24) is 20.0 Å². The molecular formula is C14H24N6OS. The summed E-state index contributed by atoms with van der Waals surface area (Å²) in [5.74, 6) is 0.861. The Labute approximate surface area is 135 Å². The predicted molar refractivity (Wildman–Crippen MR) is 91.5 cm³/mol. The number of guanidine groups is 1. The number of carbonyl (C=O) groups is 1. The van der Waals surface area contributed by atoms with Gasteiger partial charge in [0.05, 0.1) is 11.9 Å². The highest BCUT2D eigenvalue weighted by Crippen LogP contribution is 2.16. The van der Waals surface area contributed by atoms with Gasteiger partial charge in [-0.1, -0.05) is 6.92 Å². The summed E-state index contributed by atoms with van der Waals surface area (Å²) in [6, 6.07) is 0. The molecule has 2 rings (SSSR count). The van der Waals surface area contributed by atoms with E-state index in [1.807, 2.05) is 18.1 Å². The molecule has 1 saturated heterocycles. The Hall–Kier alpha value is -1.70. The van der Waals surface area contributed by atoms with E-state index in [0.717, 1.165) is 24.7 Å². The lowest BCUT2D eigenvalue weighted by Gasteiger charge is -2.35. The Kier molecular flexibility index (Phi) is 5.70. The van der Waals surface area contributed by atoms with Gasteiger partial charge in [0.2, 0.25) is 5.91 Å². The molecular weight excluding hydrogens is 300 g/mol. The number of aryl methyl sites for hydroxylation is 1. The molecule has 0 radical (unpaired) electrons. The van der Waals surface area contributed by atoms with Crippen molar-refractivity contribution in [3.8, 4) is 0 Å². The van der Waals surface area contributed by atoms with E-state index in [-0.39, 0.29) is 5.91 Å². The van der Waals surface area contributed by atoms with Crippen LogP contribution in [0.1, 0.15) is 6.92 Å². The average molecular weight is 324 g/mol. The first-order valence-electron chi connectivity index (χ1n) is 7.32. The standard InChI is InChI=1S/C14H24N6OS/c1-11(22-4)7-16-14(15-2)19-5-6-20(13(21)10-19)12-8-17-18(3)9-12/h8-9,11H,5-7,10H2,1-4H3,(H,15,16). The lowest BCUT2D eigenvalue weighted by atomic mass is 10.3. The zero-order valence-electron chi connectivity index (χ0n) is 13.6. The van der Waals surface area contributed by atoms with Gasteiger partial charge in [-0.2, -0.15) is 16.9 Å². The molecule has 1 aromatic rings. The SMILES string of the molecule is CN=C(NCC(C)SC)N1CCN(c2cnn(C)c2)C(=O)C1. The zero-order valence-corrected chi connectivity index (χ0v) is 14.4. The third-order valence-corrected chi connectivity index (χ3v) is 4.66. The van der Waals surface area contributed by atoms with E-state index in [4.69, 9.17) is 0 Å². The fourth-order valence-electron chi connectivity index (χ4n) is 2.33. The van der Waals surface area contributed by atoms with Gasteiger partial charge in [0.1, 0.15) is 6.54 Å². The van der Waals surface area contributed by atoms with E-state index in [9.17, 15) is 4.79 Å². The van der Waals surface area contributed by atoms with Gasteiger partial charge >= 0.3 is 0 Å². The van der Waals surface area contributed by atoms with Crippen LogP contribution in [0.3, 0.4) is 0 Å². The summed E-state index contributed by atoms with van der Waals surface area (Å²) in [5, 5.41) is 7.97. The van der Waals surface area contributed by atoms with Crippen molar-refractivity contribution in [3.05, 3.63) is 12.4 Å². The highest BCUT2D eigenvalue weighted by atomic mass is 32.2. The van der Waals surface area contributed by atoms with Gasteiger partial charge < -0.3 is 15.1 Å². The average Bonchev–Trinajstić information content (AvgIpc) is 2.94. The van der Waals surface area contributed by atoms with Gasteiger partial charge in [-0.3, -0.25) is 14.5 Å². The minimum atomic E-state index is 0.0696. The number of rotatable bonds is 4. The zero-order chi connectivity index (χ0) is 16.1. The number of aliphatic imine (C=N–C) groups is 1. The quantitative estimate of drug-likeness (QED) is 0.641. The Morgan fingerprint density at radius 3 is 2.86 bits per heavy atom. The van der Waals surface area contributed by atoms with Gasteiger partial charge in [-0.15, -0.1) is 0 Å². The van der Waals surface area contributed by atoms with Gasteiger partial charge in [-0.25, -0.2) is 0 Å². The maximum Gasteiger partial charge on any atom is 0.246 e. The van der Waals surface area contributed by atoms with E-state index in [1.165, 1.54) is 0 Å². The number of aromatic nitrogens is 2. The van der Waals surface area contributed by atoms with Crippen LogP contribution in [0.15, 0.2) is 17.4 Å². The maximum atomic E-state index is 12.4. The fraction of sp³-hybridized carbons (Fsp3) is 0.643. The normalized spacial score (nSPS) is 17.8. The Bertz CT molecular complexity index is 543. The third-order valence-electron chi connectivity index (χ3n) is 3.68. The van der Waals surface area contributed by atoms with Crippen LogP contribution < -0.4 is 10.2 Å². The van der Waals surface area contributed by atoms with E-state index in [2.05, 4.69) is 28.6 Å². The molecule has 2 heterocycles. The van der Waals surface area contributed by atoms with Crippen LogP contribution >= 0.6 is 11.8 Å². The molecule has 1 aliphatic heterocycles. The summed E-state index contributed by atoms with van der Waals surface area (Å²) < 4.78 is 1.71. The monoisotopic (exact) mass is 324 g/mol. The topological polar surface area (TPSA) is 65.8 Å². The smallest absolute Gasteiger partial charge is 0.246 e. The highest BCUT2D eigenvalue weighted by Gasteiger charge is 2.27. The number of nitrogens with zero attached hydrogens (tertiary/aromatic N) is 5. The Morgan fingerprint density at radius 2 is 2.32 bits per heavy atom. The van der Waals surface area contributed by atoms with Crippen molar-refractivity contribution >= 4 is 29.3 Å². The van der Waals surface area contributed by atoms with Crippen LogP contribution in [-0.2, 0) is 11.8 Å². The molecule has 0 saturated carbocycles. The third kappa shape index (κ3) is 3.94. The van der Waals surface area contributed by atoms with Crippen molar-refractivity contribution in [2.24, 2.45) is 12.0 Å². The first-order valence-corrected chi connectivity index (χ1v) is 8.61. The number of hydrogen-bond donors (Lipinski definition) is 1. The second-order valence-corrected chi connectivity index (χ2v) is 6.59. The summed E-state index contributed by atoms with van der Waals surface area (Å²) in [4.78, 5) is 20.5. The maximum absolute atomic E-state index is 12.4. The molecule has 0 aromatic carbocycles. The lowest BCUT2D eigenvalue weighted by molar-refractivity contribution is -0.120. The molecule has 0 bridgehead atoms. The lowest BCUT2D eigenvalue weighted by Crippen LogP contribution is -2.55. The van der Waals surface area contributed by atoms with Gasteiger partial charge in [-0.05, 0) is 6.26 Å². The molecule has 1 unspecified atom stereocenters. The molecule has 8 heteroatoms. The number of hydrogen-bond acceptors (Lipinski definition) is 4. The molecule has 22 heavy (non-hydrogen) atoms. The van der Waals surface area contributed by atoms with Crippen LogP contribution in [-0.4, -0.2) is 71.3 Å². The van der Waals surface area contributed by atoms with Crippen LogP contribution in [0.4, 0.5) is 5.69 Å². The first-order chi connectivity index (χ1) is 10.5.